The van der Waals surface area contributed by atoms with E-state index in [-0.39, 0.29) is 6.10 Å². The topological polar surface area (TPSA) is 23.5 Å². The van der Waals surface area contributed by atoms with Gasteiger partial charge in [-0.3, -0.25) is 0 Å². The third-order valence-corrected chi connectivity index (χ3v) is 4.29. The molecule has 3 unspecified atom stereocenters. The molecular weight excluding hydrogens is 210 g/mol. The van der Waals surface area contributed by atoms with Crippen LogP contribution in [-0.2, 0) is 0 Å². The highest BCUT2D eigenvalue weighted by molar-refractivity contribution is 4.92. The van der Waals surface area contributed by atoms with Crippen LogP contribution in [0.4, 0.5) is 0 Å². The number of hydrogen-bond acceptors (Lipinski definition) is 2. The third kappa shape index (κ3) is 3.96. The van der Waals surface area contributed by atoms with E-state index < -0.39 is 0 Å². The number of hydrogen-bond donors (Lipinski definition) is 1. The molecule has 0 spiro atoms. The lowest BCUT2D eigenvalue weighted by Gasteiger charge is -2.47. The van der Waals surface area contributed by atoms with Crippen LogP contribution in [0.1, 0.15) is 60.3 Å². The first-order valence-electron chi connectivity index (χ1n) is 7.32. The van der Waals surface area contributed by atoms with E-state index in [2.05, 4.69) is 39.5 Å². The monoisotopic (exact) mass is 241 g/mol. The van der Waals surface area contributed by atoms with Crippen LogP contribution >= 0.6 is 0 Å². The Morgan fingerprint density at radius 1 is 1.18 bits per heavy atom. The summed E-state index contributed by atoms with van der Waals surface area (Å²) in [6, 6.07) is 0.573. The van der Waals surface area contributed by atoms with Gasteiger partial charge in [0.25, 0.3) is 0 Å². The summed E-state index contributed by atoms with van der Waals surface area (Å²) < 4.78 is 0. The van der Waals surface area contributed by atoms with Gasteiger partial charge >= 0.3 is 0 Å². The van der Waals surface area contributed by atoms with E-state index in [1.165, 1.54) is 19.4 Å². The molecule has 0 saturated heterocycles. The second-order valence-corrected chi connectivity index (χ2v) is 6.64. The normalized spacial score (nSPS) is 30.9. The second kappa shape index (κ2) is 6.19. The van der Waals surface area contributed by atoms with E-state index in [0.717, 1.165) is 25.3 Å². The van der Waals surface area contributed by atoms with Crippen molar-refractivity contribution in [1.82, 2.24) is 4.90 Å². The minimum atomic E-state index is -0.0792. The van der Waals surface area contributed by atoms with Gasteiger partial charge in [0.2, 0.25) is 0 Å². The highest BCUT2D eigenvalue weighted by atomic mass is 16.3. The van der Waals surface area contributed by atoms with Crippen molar-refractivity contribution < 1.29 is 5.11 Å². The zero-order valence-corrected chi connectivity index (χ0v) is 12.4. The molecule has 2 heteroatoms. The average Bonchev–Trinajstić information content (AvgIpc) is 2.24. The van der Waals surface area contributed by atoms with Crippen LogP contribution in [0.25, 0.3) is 0 Å². The Morgan fingerprint density at radius 2 is 1.82 bits per heavy atom. The Kier molecular flexibility index (Phi) is 5.46. The van der Waals surface area contributed by atoms with Crippen LogP contribution in [0.3, 0.4) is 0 Å². The maximum absolute atomic E-state index is 9.95. The van der Waals surface area contributed by atoms with Crippen molar-refractivity contribution in [2.24, 2.45) is 11.3 Å². The van der Waals surface area contributed by atoms with E-state index in [4.69, 9.17) is 0 Å². The van der Waals surface area contributed by atoms with Crippen molar-refractivity contribution in [3.63, 3.8) is 0 Å². The van der Waals surface area contributed by atoms with E-state index in [1.807, 2.05) is 0 Å². The predicted molar refractivity (Wildman–Crippen MR) is 74.1 cm³/mol. The van der Waals surface area contributed by atoms with Gasteiger partial charge in [0, 0.05) is 6.04 Å². The Labute approximate surface area is 107 Å². The van der Waals surface area contributed by atoms with Crippen LogP contribution in [-0.4, -0.2) is 35.2 Å². The smallest absolute Gasteiger partial charge is 0.0555 e. The van der Waals surface area contributed by atoms with Crippen LogP contribution in [0, 0.1) is 11.3 Å². The SMILES string of the molecule is CCCN(CC)C1CC(O)CCC1C(C)(C)C. The van der Waals surface area contributed by atoms with E-state index >= 15 is 0 Å². The average molecular weight is 241 g/mol. The molecule has 0 bridgehead atoms. The Balaban J connectivity index is 2.79. The predicted octanol–water partition coefficient (Wildman–Crippen LogP) is 3.29. The molecule has 0 aromatic rings. The van der Waals surface area contributed by atoms with Gasteiger partial charge in [0.1, 0.15) is 0 Å². The first-order valence-corrected chi connectivity index (χ1v) is 7.32. The molecule has 102 valence electrons. The van der Waals surface area contributed by atoms with Crippen molar-refractivity contribution in [3.05, 3.63) is 0 Å². The van der Waals surface area contributed by atoms with Gasteiger partial charge in [0.15, 0.2) is 0 Å². The minimum Gasteiger partial charge on any atom is -0.393 e. The molecule has 17 heavy (non-hydrogen) atoms. The molecule has 1 N–H and O–H groups in total. The molecule has 1 aliphatic carbocycles. The number of nitrogens with zero attached hydrogens (tertiary/aromatic N) is 1. The van der Waals surface area contributed by atoms with Gasteiger partial charge in [-0.25, -0.2) is 0 Å². The minimum absolute atomic E-state index is 0.0792. The van der Waals surface area contributed by atoms with E-state index in [1.54, 1.807) is 0 Å². The number of aliphatic hydroxyl groups excluding tert-OH is 1. The second-order valence-electron chi connectivity index (χ2n) is 6.64. The van der Waals surface area contributed by atoms with Crippen molar-refractivity contribution in [2.75, 3.05) is 13.1 Å². The number of rotatable bonds is 4. The highest BCUT2D eigenvalue weighted by Gasteiger charge is 2.39. The summed E-state index contributed by atoms with van der Waals surface area (Å²) in [6.07, 6.45) is 4.26. The highest BCUT2D eigenvalue weighted by Crippen LogP contribution is 2.40. The number of aliphatic hydroxyl groups is 1. The summed E-state index contributed by atoms with van der Waals surface area (Å²) in [5.74, 6) is 0.720. The quantitative estimate of drug-likeness (QED) is 0.816. The molecule has 0 aromatic carbocycles. The maximum Gasteiger partial charge on any atom is 0.0555 e. The molecular formula is C15H31NO. The summed E-state index contributed by atoms with van der Waals surface area (Å²) in [7, 11) is 0. The zero-order valence-electron chi connectivity index (χ0n) is 12.4. The summed E-state index contributed by atoms with van der Waals surface area (Å²) in [5, 5.41) is 9.95. The molecule has 3 atom stereocenters. The first kappa shape index (κ1) is 15.0. The van der Waals surface area contributed by atoms with Crippen LogP contribution in [0.2, 0.25) is 0 Å². The van der Waals surface area contributed by atoms with E-state index in [0.29, 0.717) is 11.5 Å². The lowest BCUT2D eigenvalue weighted by Crippen LogP contribution is -2.49. The van der Waals surface area contributed by atoms with Gasteiger partial charge in [-0.2, -0.15) is 0 Å². The van der Waals surface area contributed by atoms with Crippen LogP contribution < -0.4 is 0 Å². The molecule has 1 fully saturated rings. The zero-order chi connectivity index (χ0) is 13.1. The Bertz CT molecular complexity index is 221. The summed E-state index contributed by atoms with van der Waals surface area (Å²) in [6.45, 7) is 13.8. The van der Waals surface area contributed by atoms with Crippen molar-refractivity contribution in [2.45, 2.75) is 72.4 Å². The fraction of sp³-hybridized carbons (Fsp3) is 1.00. The van der Waals surface area contributed by atoms with Gasteiger partial charge in [0.05, 0.1) is 6.10 Å². The third-order valence-electron chi connectivity index (χ3n) is 4.29. The standard InChI is InChI=1S/C15H31NO/c1-6-10-16(7-2)14-11-12(17)8-9-13(14)15(3,4)5/h12-14,17H,6-11H2,1-5H3. The van der Waals surface area contributed by atoms with Crippen molar-refractivity contribution in [1.29, 1.82) is 0 Å². The molecule has 0 aliphatic heterocycles. The summed E-state index contributed by atoms with van der Waals surface area (Å²) in [5.41, 5.74) is 0.353. The van der Waals surface area contributed by atoms with Crippen molar-refractivity contribution >= 4 is 0 Å². The molecule has 0 amide bonds. The largest absolute Gasteiger partial charge is 0.393 e. The molecule has 1 saturated carbocycles. The lowest BCUT2D eigenvalue weighted by molar-refractivity contribution is -0.00978. The Morgan fingerprint density at radius 3 is 2.29 bits per heavy atom. The molecule has 1 rings (SSSR count). The summed E-state index contributed by atoms with van der Waals surface area (Å²) >= 11 is 0. The maximum atomic E-state index is 9.95. The van der Waals surface area contributed by atoms with Crippen LogP contribution in [0.15, 0.2) is 0 Å². The molecule has 2 nitrogen and oxygen atoms in total. The fourth-order valence-electron chi connectivity index (χ4n) is 3.38. The fourth-order valence-corrected chi connectivity index (χ4v) is 3.38. The molecule has 0 aromatic heterocycles. The molecule has 0 radical (unpaired) electrons. The van der Waals surface area contributed by atoms with Gasteiger partial charge in [-0.05, 0) is 50.1 Å². The molecule has 0 heterocycles. The first-order chi connectivity index (χ1) is 7.90. The van der Waals surface area contributed by atoms with Gasteiger partial charge in [-0.1, -0.05) is 34.6 Å². The summed E-state index contributed by atoms with van der Waals surface area (Å²) in [4.78, 5) is 2.58. The van der Waals surface area contributed by atoms with Gasteiger partial charge in [-0.15, -0.1) is 0 Å². The van der Waals surface area contributed by atoms with E-state index in [9.17, 15) is 5.11 Å². The van der Waals surface area contributed by atoms with Crippen LogP contribution in [0.5, 0.6) is 0 Å². The van der Waals surface area contributed by atoms with Crippen molar-refractivity contribution in [3.8, 4) is 0 Å². The molecule has 1 aliphatic rings. The Hall–Kier alpha value is -0.0800. The van der Waals surface area contributed by atoms with Gasteiger partial charge < -0.3 is 10.0 Å². The lowest BCUT2D eigenvalue weighted by atomic mass is 9.68.